The zero-order valence-electron chi connectivity index (χ0n) is 11.0. The minimum Gasteiger partial charge on any atom is -0.374 e. The van der Waals surface area contributed by atoms with Gasteiger partial charge in [-0.1, -0.05) is 11.3 Å². The van der Waals surface area contributed by atoms with Gasteiger partial charge in [-0.3, -0.25) is 10.1 Å². The Bertz CT molecular complexity index is 622. The zero-order valence-corrected chi connectivity index (χ0v) is 13.5. The van der Waals surface area contributed by atoms with Crippen molar-refractivity contribution in [2.75, 3.05) is 25.2 Å². The Morgan fingerprint density at radius 1 is 1.55 bits per heavy atom. The number of hydrogen-bond donors (Lipinski definition) is 2. The van der Waals surface area contributed by atoms with Crippen molar-refractivity contribution >= 4 is 43.8 Å². The van der Waals surface area contributed by atoms with Gasteiger partial charge in [-0.05, 0) is 19.1 Å². The summed E-state index contributed by atoms with van der Waals surface area (Å²) in [6.07, 6.45) is 3.93. The lowest BCUT2D eigenvalue weighted by molar-refractivity contribution is -0.383. The number of nitrogens with one attached hydrogen (secondary N) is 2. The standard InChI is InChI=1S/C10H15N3O4S3/c1-11-9-7(13(14)15)5-8(19-9)20(16,17)12-6-10(18-2)3-4-10/h5,11-12H,3-4,6H2,1-2H3. The minimum absolute atomic E-state index is 0.00208. The van der Waals surface area contributed by atoms with Crippen molar-refractivity contribution in [2.24, 2.45) is 0 Å². The van der Waals surface area contributed by atoms with Crippen molar-refractivity contribution in [3.8, 4) is 0 Å². The summed E-state index contributed by atoms with van der Waals surface area (Å²) in [5.41, 5.74) is -0.219. The van der Waals surface area contributed by atoms with Gasteiger partial charge in [0.25, 0.3) is 0 Å². The summed E-state index contributed by atoms with van der Waals surface area (Å²) >= 11 is 2.51. The molecule has 112 valence electrons. The van der Waals surface area contributed by atoms with Crippen LogP contribution in [0.3, 0.4) is 0 Å². The molecule has 1 aromatic heterocycles. The minimum atomic E-state index is -3.70. The molecule has 0 radical (unpaired) electrons. The number of hydrogen-bond acceptors (Lipinski definition) is 7. The molecule has 7 nitrogen and oxygen atoms in total. The molecule has 1 saturated carbocycles. The van der Waals surface area contributed by atoms with Gasteiger partial charge >= 0.3 is 5.69 Å². The van der Waals surface area contributed by atoms with Crippen LogP contribution in [0.2, 0.25) is 0 Å². The van der Waals surface area contributed by atoms with Crippen LogP contribution in [0.4, 0.5) is 10.7 Å². The van der Waals surface area contributed by atoms with Crippen LogP contribution in [-0.2, 0) is 10.0 Å². The molecule has 2 rings (SSSR count). The molecule has 1 fully saturated rings. The van der Waals surface area contributed by atoms with Gasteiger partial charge in [0.05, 0.1) is 4.92 Å². The molecule has 0 unspecified atom stereocenters. The van der Waals surface area contributed by atoms with Crippen LogP contribution in [0.5, 0.6) is 0 Å². The van der Waals surface area contributed by atoms with Crippen molar-refractivity contribution in [3.05, 3.63) is 16.2 Å². The fourth-order valence-corrected chi connectivity index (χ4v) is 4.97. The predicted octanol–water partition coefficient (Wildman–Crippen LogP) is 1.87. The van der Waals surface area contributed by atoms with Gasteiger partial charge in [0.2, 0.25) is 10.0 Å². The van der Waals surface area contributed by atoms with Crippen LogP contribution in [-0.4, -0.2) is 37.9 Å². The van der Waals surface area contributed by atoms with Crippen LogP contribution in [0.25, 0.3) is 0 Å². The Hall–Kier alpha value is -0.840. The smallest absolute Gasteiger partial charge is 0.304 e. The van der Waals surface area contributed by atoms with E-state index in [4.69, 9.17) is 0 Å². The van der Waals surface area contributed by atoms with Gasteiger partial charge in [-0.15, -0.1) is 0 Å². The van der Waals surface area contributed by atoms with Gasteiger partial charge in [0.15, 0.2) is 5.00 Å². The maximum Gasteiger partial charge on any atom is 0.304 e. The number of rotatable bonds is 7. The van der Waals surface area contributed by atoms with Crippen LogP contribution in [0.15, 0.2) is 10.3 Å². The van der Waals surface area contributed by atoms with Crippen molar-refractivity contribution in [3.63, 3.8) is 0 Å². The molecular weight excluding hydrogens is 322 g/mol. The molecule has 1 heterocycles. The SMILES string of the molecule is CNc1sc(S(=O)(=O)NCC2(SC)CC2)cc1[N+](=O)[O-]. The van der Waals surface area contributed by atoms with Crippen LogP contribution in [0, 0.1) is 10.1 Å². The normalized spacial score (nSPS) is 16.9. The first-order chi connectivity index (χ1) is 9.33. The van der Waals surface area contributed by atoms with Crippen molar-refractivity contribution < 1.29 is 13.3 Å². The molecule has 1 aliphatic carbocycles. The maximum atomic E-state index is 12.2. The van der Waals surface area contributed by atoms with Gasteiger partial charge < -0.3 is 5.32 Å². The molecule has 1 aromatic rings. The second-order valence-corrected chi connectivity index (χ2v) is 8.82. The van der Waals surface area contributed by atoms with E-state index in [0.29, 0.717) is 6.54 Å². The molecule has 0 saturated heterocycles. The number of nitrogens with zero attached hydrogens (tertiary/aromatic N) is 1. The van der Waals surface area contributed by atoms with E-state index in [9.17, 15) is 18.5 Å². The largest absolute Gasteiger partial charge is 0.374 e. The summed E-state index contributed by atoms with van der Waals surface area (Å²) in [5, 5.41) is 13.7. The van der Waals surface area contributed by atoms with E-state index >= 15 is 0 Å². The predicted molar refractivity (Wildman–Crippen MR) is 81.2 cm³/mol. The average Bonchev–Trinajstić information content (AvgIpc) is 3.05. The average molecular weight is 337 g/mol. The third kappa shape index (κ3) is 3.08. The van der Waals surface area contributed by atoms with Crippen molar-refractivity contribution in [2.45, 2.75) is 21.8 Å². The van der Waals surface area contributed by atoms with E-state index in [2.05, 4.69) is 10.0 Å². The first kappa shape index (κ1) is 15.5. The third-order valence-electron chi connectivity index (χ3n) is 3.20. The van der Waals surface area contributed by atoms with E-state index < -0.39 is 14.9 Å². The van der Waals surface area contributed by atoms with Gasteiger partial charge in [0, 0.05) is 24.4 Å². The third-order valence-corrected chi connectivity index (χ3v) is 7.64. The quantitative estimate of drug-likeness (QED) is 0.582. The van der Waals surface area contributed by atoms with E-state index in [0.717, 1.165) is 30.2 Å². The monoisotopic (exact) mass is 337 g/mol. The highest BCUT2D eigenvalue weighted by Crippen LogP contribution is 2.46. The molecule has 0 atom stereocenters. The number of nitro groups is 1. The summed E-state index contributed by atoms with van der Waals surface area (Å²) in [5.74, 6) is 0. The van der Waals surface area contributed by atoms with Crippen LogP contribution in [0.1, 0.15) is 12.8 Å². The van der Waals surface area contributed by atoms with Crippen LogP contribution >= 0.6 is 23.1 Å². The Kier molecular flexibility index (Phi) is 4.28. The van der Waals surface area contributed by atoms with E-state index in [1.165, 1.54) is 7.05 Å². The van der Waals surface area contributed by atoms with Crippen molar-refractivity contribution in [1.82, 2.24) is 4.72 Å². The zero-order chi connectivity index (χ0) is 15.0. The highest BCUT2D eigenvalue weighted by Gasteiger charge is 2.42. The highest BCUT2D eigenvalue weighted by atomic mass is 32.2. The lowest BCUT2D eigenvalue weighted by atomic mass is 10.4. The topological polar surface area (TPSA) is 101 Å². The van der Waals surface area contributed by atoms with Crippen LogP contribution < -0.4 is 10.0 Å². The van der Waals surface area contributed by atoms with Gasteiger partial charge in [-0.2, -0.15) is 11.8 Å². The van der Waals surface area contributed by atoms with E-state index in [1.54, 1.807) is 11.8 Å². The number of thiophene rings is 1. The van der Waals surface area contributed by atoms with E-state index in [-0.39, 0.29) is 19.6 Å². The lowest BCUT2D eigenvalue weighted by Crippen LogP contribution is -2.31. The van der Waals surface area contributed by atoms with Crippen molar-refractivity contribution in [1.29, 1.82) is 0 Å². The summed E-state index contributed by atoms with van der Waals surface area (Å²) in [6.45, 7) is 0.358. The molecule has 1 aliphatic rings. The Balaban J connectivity index is 2.19. The first-order valence-electron chi connectivity index (χ1n) is 5.84. The fraction of sp³-hybridized carbons (Fsp3) is 0.600. The molecular formula is C10H15N3O4S3. The molecule has 0 amide bonds. The summed E-state index contributed by atoms with van der Waals surface area (Å²) in [4.78, 5) is 10.3. The first-order valence-corrected chi connectivity index (χ1v) is 9.37. The summed E-state index contributed by atoms with van der Waals surface area (Å²) in [6, 6.07) is 1.09. The highest BCUT2D eigenvalue weighted by molar-refractivity contribution is 8.00. The maximum absolute atomic E-state index is 12.2. The molecule has 10 heteroatoms. The molecule has 2 N–H and O–H groups in total. The van der Waals surface area contributed by atoms with Gasteiger partial charge in [-0.25, -0.2) is 13.1 Å². The lowest BCUT2D eigenvalue weighted by Gasteiger charge is -2.12. The molecule has 0 bridgehead atoms. The molecule has 0 spiro atoms. The Labute approximate surface area is 125 Å². The number of anilines is 1. The molecule has 0 aromatic carbocycles. The summed E-state index contributed by atoms with van der Waals surface area (Å²) < 4.78 is 26.8. The molecule has 0 aliphatic heterocycles. The second-order valence-electron chi connectivity index (χ2n) is 4.50. The second kappa shape index (κ2) is 5.51. The molecule has 20 heavy (non-hydrogen) atoms. The fourth-order valence-electron chi connectivity index (χ4n) is 1.70. The van der Waals surface area contributed by atoms with Gasteiger partial charge in [0.1, 0.15) is 4.21 Å². The number of sulfonamides is 1. The summed E-state index contributed by atoms with van der Waals surface area (Å²) in [7, 11) is -2.17. The Morgan fingerprint density at radius 3 is 2.60 bits per heavy atom. The Morgan fingerprint density at radius 2 is 2.20 bits per heavy atom. The van der Waals surface area contributed by atoms with E-state index in [1.807, 2.05) is 6.26 Å². The number of thioether (sulfide) groups is 1.